The molecule has 0 radical (unpaired) electrons. The Bertz CT molecular complexity index is 719. The van der Waals surface area contributed by atoms with Crippen LogP contribution in [0.25, 0.3) is 0 Å². The van der Waals surface area contributed by atoms with Crippen molar-refractivity contribution in [2.45, 2.75) is 13.3 Å². The van der Waals surface area contributed by atoms with Crippen molar-refractivity contribution in [1.82, 2.24) is 4.90 Å². The summed E-state index contributed by atoms with van der Waals surface area (Å²) in [5.41, 5.74) is 2.06. The number of carbonyl (C=O) groups excluding carboxylic acids is 2. The highest BCUT2D eigenvalue weighted by Gasteiger charge is 2.32. The van der Waals surface area contributed by atoms with Crippen LogP contribution in [0, 0.1) is 0 Å². The van der Waals surface area contributed by atoms with Crippen LogP contribution in [0.3, 0.4) is 0 Å². The summed E-state index contributed by atoms with van der Waals surface area (Å²) in [5, 5.41) is 0. The van der Waals surface area contributed by atoms with Crippen LogP contribution < -0.4 is 4.74 Å². The highest BCUT2D eigenvalue weighted by molar-refractivity contribution is 6.21. The molecule has 2 aromatic rings. The molecule has 0 N–H and O–H groups in total. The van der Waals surface area contributed by atoms with Crippen LogP contribution in [0.2, 0.25) is 0 Å². The van der Waals surface area contributed by atoms with Crippen molar-refractivity contribution in [3.8, 4) is 11.5 Å². The predicted octanol–water partition coefficient (Wildman–Crippen LogP) is 3.27. The average Bonchev–Trinajstić information content (AvgIpc) is 2.73. The molecule has 4 nitrogen and oxygen atoms in total. The summed E-state index contributed by atoms with van der Waals surface area (Å²) in [7, 11) is 1.48. The Morgan fingerprint density at radius 3 is 2.19 bits per heavy atom. The normalized spacial score (nSPS) is 13.5. The van der Waals surface area contributed by atoms with Crippen LogP contribution in [0.1, 0.15) is 33.2 Å². The van der Waals surface area contributed by atoms with E-state index < -0.39 is 0 Å². The fourth-order valence-corrected chi connectivity index (χ4v) is 2.33. The minimum atomic E-state index is -0.290. The van der Waals surface area contributed by atoms with E-state index in [1.165, 1.54) is 12.6 Å². The van der Waals surface area contributed by atoms with Gasteiger partial charge in [-0.25, -0.2) is 0 Å². The molecule has 0 saturated carbocycles. The molecule has 0 saturated heterocycles. The van der Waals surface area contributed by atoms with E-state index in [1.807, 2.05) is 24.3 Å². The Labute approximate surface area is 123 Å². The van der Waals surface area contributed by atoms with Crippen molar-refractivity contribution in [3.05, 3.63) is 59.2 Å². The smallest absolute Gasteiger partial charge is 0.261 e. The molecule has 4 heteroatoms. The van der Waals surface area contributed by atoms with Crippen molar-refractivity contribution in [2.75, 3.05) is 7.05 Å². The summed E-state index contributed by atoms with van der Waals surface area (Å²) in [5.74, 6) is 0.697. The standard InChI is InChI=1S/C17H15NO3/c1-3-11-4-6-12(7-5-11)21-13-8-9-14-15(10-13)17(20)18(2)16(14)19/h4-10H,3H2,1-2H3. The molecule has 0 spiro atoms. The van der Waals surface area contributed by atoms with Crippen molar-refractivity contribution >= 4 is 11.8 Å². The van der Waals surface area contributed by atoms with Crippen LogP contribution in [0.15, 0.2) is 42.5 Å². The Morgan fingerprint density at radius 1 is 0.905 bits per heavy atom. The van der Waals surface area contributed by atoms with Gasteiger partial charge in [-0.05, 0) is 42.3 Å². The Hall–Kier alpha value is -2.62. The molecule has 0 unspecified atom stereocenters. The van der Waals surface area contributed by atoms with Gasteiger partial charge in [0.25, 0.3) is 11.8 Å². The molecule has 106 valence electrons. The molecule has 1 aliphatic heterocycles. The summed E-state index contributed by atoms with van der Waals surface area (Å²) >= 11 is 0. The van der Waals surface area contributed by atoms with E-state index in [9.17, 15) is 9.59 Å². The number of fused-ring (bicyclic) bond motifs is 1. The highest BCUT2D eigenvalue weighted by Crippen LogP contribution is 2.28. The van der Waals surface area contributed by atoms with Gasteiger partial charge in [0, 0.05) is 7.05 Å². The molecule has 0 atom stereocenters. The van der Waals surface area contributed by atoms with E-state index in [4.69, 9.17) is 4.74 Å². The van der Waals surface area contributed by atoms with Crippen LogP contribution in [0.4, 0.5) is 0 Å². The third kappa shape index (κ3) is 2.29. The highest BCUT2D eigenvalue weighted by atomic mass is 16.5. The number of amides is 2. The molecule has 3 rings (SSSR count). The lowest BCUT2D eigenvalue weighted by Gasteiger charge is -2.07. The zero-order valence-electron chi connectivity index (χ0n) is 11.9. The summed E-state index contributed by atoms with van der Waals surface area (Å²) < 4.78 is 5.74. The summed E-state index contributed by atoms with van der Waals surface area (Å²) in [6, 6.07) is 12.8. The fourth-order valence-electron chi connectivity index (χ4n) is 2.33. The first kappa shape index (κ1) is 13.4. The van der Waals surface area contributed by atoms with Gasteiger partial charge in [0.2, 0.25) is 0 Å². The van der Waals surface area contributed by atoms with Gasteiger partial charge in [-0.15, -0.1) is 0 Å². The van der Waals surface area contributed by atoms with E-state index in [0.29, 0.717) is 22.6 Å². The van der Waals surface area contributed by atoms with Crippen molar-refractivity contribution in [3.63, 3.8) is 0 Å². The van der Waals surface area contributed by atoms with Gasteiger partial charge in [0.15, 0.2) is 0 Å². The average molecular weight is 281 g/mol. The predicted molar refractivity (Wildman–Crippen MR) is 78.8 cm³/mol. The lowest BCUT2D eigenvalue weighted by molar-refractivity contribution is 0.0693. The molecule has 2 aromatic carbocycles. The van der Waals surface area contributed by atoms with Crippen LogP contribution in [-0.2, 0) is 6.42 Å². The summed E-state index contributed by atoms with van der Waals surface area (Å²) in [6.07, 6.45) is 0.974. The Morgan fingerprint density at radius 2 is 1.52 bits per heavy atom. The van der Waals surface area contributed by atoms with Gasteiger partial charge in [-0.1, -0.05) is 19.1 Å². The van der Waals surface area contributed by atoms with E-state index in [1.54, 1.807) is 18.2 Å². The molecule has 2 amide bonds. The van der Waals surface area contributed by atoms with E-state index in [-0.39, 0.29) is 11.8 Å². The molecule has 0 aliphatic carbocycles. The first-order valence-corrected chi connectivity index (χ1v) is 6.83. The quantitative estimate of drug-likeness (QED) is 0.811. The van der Waals surface area contributed by atoms with Crippen molar-refractivity contribution in [1.29, 1.82) is 0 Å². The van der Waals surface area contributed by atoms with Gasteiger partial charge in [0.1, 0.15) is 11.5 Å². The number of nitrogens with zero attached hydrogens (tertiary/aromatic N) is 1. The lowest BCUT2D eigenvalue weighted by Crippen LogP contribution is -2.24. The summed E-state index contributed by atoms with van der Waals surface area (Å²) in [6.45, 7) is 2.09. The monoisotopic (exact) mass is 281 g/mol. The second kappa shape index (κ2) is 5.05. The van der Waals surface area contributed by atoms with E-state index in [2.05, 4.69) is 6.92 Å². The number of ether oxygens (including phenoxy) is 1. The molecular formula is C17H15NO3. The zero-order valence-corrected chi connectivity index (χ0v) is 11.9. The lowest BCUT2D eigenvalue weighted by atomic mass is 10.1. The topological polar surface area (TPSA) is 46.6 Å². The number of hydrogen-bond donors (Lipinski definition) is 0. The van der Waals surface area contributed by atoms with Crippen LogP contribution in [-0.4, -0.2) is 23.8 Å². The minimum absolute atomic E-state index is 0.270. The molecule has 0 aromatic heterocycles. The maximum Gasteiger partial charge on any atom is 0.261 e. The van der Waals surface area contributed by atoms with E-state index in [0.717, 1.165) is 11.3 Å². The molecular weight excluding hydrogens is 266 g/mol. The number of hydrogen-bond acceptors (Lipinski definition) is 3. The molecule has 1 heterocycles. The Kier molecular flexibility index (Phi) is 3.22. The van der Waals surface area contributed by atoms with Crippen molar-refractivity contribution < 1.29 is 14.3 Å². The number of imide groups is 1. The second-order valence-corrected chi connectivity index (χ2v) is 4.98. The van der Waals surface area contributed by atoms with Gasteiger partial charge in [-0.2, -0.15) is 0 Å². The van der Waals surface area contributed by atoms with Gasteiger partial charge < -0.3 is 4.74 Å². The van der Waals surface area contributed by atoms with Gasteiger partial charge in [0.05, 0.1) is 11.1 Å². The van der Waals surface area contributed by atoms with Crippen LogP contribution >= 0.6 is 0 Å². The molecule has 1 aliphatic rings. The molecule has 0 bridgehead atoms. The maximum absolute atomic E-state index is 11.9. The number of carbonyl (C=O) groups is 2. The van der Waals surface area contributed by atoms with Crippen LogP contribution in [0.5, 0.6) is 11.5 Å². The first-order chi connectivity index (χ1) is 10.1. The zero-order chi connectivity index (χ0) is 15.0. The largest absolute Gasteiger partial charge is 0.457 e. The molecule has 21 heavy (non-hydrogen) atoms. The third-order valence-corrected chi connectivity index (χ3v) is 3.63. The molecule has 0 fully saturated rings. The number of benzene rings is 2. The minimum Gasteiger partial charge on any atom is -0.457 e. The van der Waals surface area contributed by atoms with E-state index >= 15 is 0 Å². The Balaban J connectivity index is 1.88. The van der Waals surface area contributed by atoms with Gasteiger partial charge in [-0.3, -0.25) is 14.5 Å². The third-order valence-electron chi connectivity index (χ3n) is 3.63. The maximum atomic E-state index is 11.9. The first-order valence-electron chi connectivity index (χ1n) is 6.83. The fraction of sp³-hybridized carbons (Fsp3) is 0.176. The van der Waals surface area contributed by atoms with Crippen molar-refractivity contribution in [2.24, 2.45) is 0 Å². The van der Waals surface area contributed by atoms with Gasteiger partial charge >= 0.3 is 0 Å². The summed E-state index contributed by atoms with van der Waals surface area (Å²) in [4.78, 5) is 24.9. The SMILES string of the molecule is CCc1ccc(Oc2ccc3c(c2)C(=O)N(C)C3=O)cc1. The number of aryl methyl sites for hydroxylation is 1. The second-order valence-electron chi connectivity index (χ2n) is 4.98. The number of rotatable bonds is 3.